The molecular weight excluding hydrogens is 539 g/mol. The molecule has 0 aliphatic heterocycles. The van der Waals surface area contributed by atoms with Gasteiger partial charge in [0, 0.05) is 0 Å². The summed E-state index contributed by atoms with van der Waals surface area (Å²) in [4.78, 5) is 0. The van der Waals surface area contributed by atoms with E-state index in [1.54, 1.807) is 62.4 Å². The fraction of sp³-hybridized carbons (Fsp3) is 0.586. The molecule has 38 heavy (non-hydrogen) atoms. The molecule has 0 heterocycles. The highest BCUT2D eigenvalue weighted by molar-refractivity contribution is 7.53. The van der Waals surface area contributed by atoms with Crippen molar-refractivity contribution in [3.8, 4) is 11.5 Å². The van der Waals surface area contributed by atoms with Crippen LogP contribution >= 0.6 is 18.7 Å². The second-order valence-corrected chi connectivity index (χ2v) is 18.2. The van der Waals surface area contributed by atoms with Gasteiger partial charge in [-0.2, -0.15) is 11.1 Å². The Hall–Kier alpha value is -1.34. The number of benzene rings is 2. The first-order chi connectivity index (χ1) is 15.2. The monoisotopic (exact) mass is 598 g/mol. The minimum Gasteiger partial charge on any atom is -0.508 e. The average molecular weight is 599 g/mol. The molecule has 0 saturated heterocycles. The fourth-order valence-corrected chi connectivity index (χ4v) is 3.65. The first-order valence-corrected chi connectivity index (χ1v) is 16.6. The number of phenolic OH excluding ortho intramolecular Hbond substituents is 2. The molecule has 0 aromatic heterocycles. The second kappa shape index (κ2) is 23.5. The molecule has 0 bridgehead atoms. The van der Waals surface area contributed by atoms with Gasteiger partial charge in [-0.05, 0) is 54.3 Å². The Kier molecular flexibility index (Phi) is 30.7. The highest BCUT2D eigenvalue weighted by Crippen LogP contribution is 2.51. The molecule has 0 radical (unpaired) electrons. The van der Waals surface area contributed by atoms with Crippen LogP contribution in [0.1, 0.15) is 82.9 Å². The van der Waals surface area contributed by atoms with E-state index in [0.717, 1.165) is 11.1 Å². The molecule has 0 fully saturated rings. The predicted octanol–water partition coefficient (Wildman–Crippen LogP) is 10.5. The van der Waals surface area contributed by atoms with Crippen LogP contribution in [0.15, 0.2) is 48.5 Å². The van der Waals surface area contributed by atoms with E-state index in [4.69, 9.17) is 35.4 Å². The van der Waals surface area contributed by atoms with Crippen LogP contribution in [0.2, 0.25) is 18.1 Å². The van der Waals surface area contributed by atoms with Gasteiger partial charge in [-0.1, -0.05) is 95.3 Å². The van der Waals surface area contributed by atoms with Crippen LogP contribution in [0.4, 0.5) is 0 Å². The van der Waals surface area contributed by atoms with E-state index >= 15 is 0 Å². The molecule has 0 amide bonds. The highest BCUT2D eigenvalue weighted by Gasteiger charge is 2.32. The standard InChI is InChI=1S/C11H17O4P.C7H8O2.C6H15ClSi.5CH4/c1-3-14-16(13,15-4-2)9-10-5-7-11(12)8-6-10;8-5-6-1-3-7(9)4-2-6;1-6(2,3)8(4,5)7;;;;;/h5-8,12H,3-4,9H2,1-2H3;1-4,8-9H,5H2;1-5H3;5*1H4. The summed E-state index contributed by atoms with van der Waals surface area (Å²) in [5, 5.41) is 26.8. The number of halogens is 1. The molecule has 9 heteroatoms. The van der Waals surface area contributed by atoms with Crippen molar-refractivity contribution in [3.63, 3.8) is 0 Å². The normalized spacial score (nSPS) is 10.1. The topological polar surface area (TPSA) is 96.2 Å². The number of aliphatic hydroxyl groups is 1. The van der Waals surface area contributed by atoms with Crippen molar-refractivity contribution in [1.29, 1.82) is 0 Å². The number of aliphatic hydroxyl groups excluding tert-OH is 1. The van der Waals surface area contributed by atoms with Crippen LogP contribution in [-0.4, -0.2) is 35.9 Å². The highest BCUT2D eigenvalue weighted by atomic mass is 35.6. The summed E-state index contributed by atoms with van der Waals surface area (Å²) in [6, 6.07) is 13.0. The minimum atomic E-state index is -3.04. The van der Waals surface area contributed by atoms with Crippen LogP contribution < -0.4 is 0 Å². The summed E-state index contributed by atoms with van der Waals surface area (Å²) >= 11 is 6.15. The van der Waals surface area contributed by atoms with Gasteiger partial charge >= 0.3 is 7.60 Å². The quantitative estimate of drug-likeness (QED) is 0.167. The van der Waals surface area contributed by atoms with Gasteiger partial charge < -0.3 is 24.4 Å². The van der Waals surface area contributed by atoms with Gasteiger partial charge in [-0.3, -0.25) is 4.57 Å². The van der Waals surface area contributed by atoms with Crippen molar-refractivity contribution in [2.45, 2.75) is 103 Å². The lowest BCUT2D eigenvalue weighted by Crippen LogP contribution is -2.29. The fourth-order valence-electron chi connectivity index (χ4n) is 1.95. The van der Waals surface area contributed by atoms with E-state index in [1.807, 2.05) is 0 Å². The van der Waals surface area contributed by atoms with Crippen LogP contribution in [0.3, 0.4) is 0 Å². The molecule has 6 nitrogen and oxygen atoms in total. The van der Waals surface area contributed by atoms with E-state index < -0.39 is 15.0 Å². The average Bonchev–Trinajstić information content (AvgIpc) is 2.70. The largest absolute Gasteiger partial charge is 0.508 e. The Balaban J connectivity index is -0.000000102. The van der Waals surface area contributed by atoms with E-state index in [0.29, 0.717) is 18.3 Å². The van der Waals surface area contributed by atoms with Crippen LogP contribution in [0.25, 0.3) is 0 Å². The zero-order chi connectivity index (χ0) is 25.7. The first-order valence-electron chi connectivity index (χ1n) is 10.9. The van der Waals surface area contributed by atoms with Crippen LogP contribution in [-0.2, 0) is 26.4 Å². The minimum absolute atomic E-state index is 0. The molecule has 3 N–H and O–H groups in total. The SMILES string of the molecule is C.C.C.C.C.CC(C)(C)[Si](C)(C)Cl.CCOP(=O)(Cc1ccc(O)cc1)OCC.OCc1ccc(O)cc1. The third-order valence-electron chi connectivity index (χ3n) is 4.87. The van der Waals surface area contributed by atoms with Gasteiger partial charge in [0.05, 0.1) is 26.0 Å². The van der Waals surface area contributed by atoms with Crippen molar-refractivity contribution >= 4 is 26.1 Å². The second-order valence-electron chi connectivity index (χ2n) is 8.82. The maximum atomic E-state index is 12.2. The van der Waals surface area contributed by atoms with Crippen LogP contribution in [0.5, 0.6) is 11.5 Å². The molecule has 0 saturated carbocycles. The zero-order valence-electron chi connectivity index (χ0n) is 20.8. The van der Waals surface area contributed by atoms with Crippen molar-refractivity contribution in [2.24, 2.45) is 0 Å². The molecule has 0 atom stereocenters. The van der Waals surface area contributed by atoms with Gasteiger partial charge in [-0.25, -0.2) is 0 Å². The number of phenols is 2. The number of hydrogen-bond acceptors (Lipinski definition) is 6. The first kappa shape index (κ1) is 49.6. The summed E-state index contributed by atoms with van der Waals surface area (Å²) in [5.74, 6) is 0.415. The van der Waals surface area contributed by atoms with E-state index in [1.165, 1.54) is 0 Å². The maximum Gasteiger partial charge on any atom is 0.335 e. The molecule has 0 unspecified atom stereocenters. The van der Waals surface area contributed by atoms with Crippen molar-refractivity contribution in [1.82, 2.24) is 0 Å². The molecule has 2 aromatic carbocycles. The third kappa shape index (κ3) is 21.6. The molecule has 2 rings (SSSR count). The smallest absolute Gasteiger partial charge is 0.335 e. The number of hydrogen-bond donors (Lipinski definition) is 3. The molecule has 0 aliphatic rings. The zero-order valence-corrected chi connectivity index (χ0v) is 23.5. The van der Waals surface area contributed by atoms with Gasteiger partial charge in [-0.15, -0.1) is 0 Å². The summed E-state index contributed by atoms with van der Waals surface area (Å²) in [6.07, 6.45) is 0.231. The van der Waals surface area contributed by atoms with E-state index in [9.17, 15) is 4.57 Å². The van der Waals surface area contributed by atoms with Gasteiger partial charge in [0.1, 0.15) is 11.5 Å². The predicted molar refractivity (Wildman–Crippen MR) is 173 cm³/mol. The molecule has 0 aliphatic carbocycles. The van der Waals surface area contributed by atoms with Crippen LogP contribution in [0, 0.1) is 0 Å². The van der Waals surface area contributed by atoms with Crippen molar-refractivity contribution in [2.75, 3.05) is 13.2 Å². The van der Waals surface area contributed by atoms with Crippen molar-refractivity contribution < 1.29 is 28.9 Å². The Labute approximate surface area is 241 Å². The lowest BCUT2D eigenvalue weighted by atomic mass is 10.2. The Morgan fingerprint density at radius 2 is 1.05 bits per heavy atom. The summed E-state index contributed by atoms with van der Waals surface area (Å²) in [6.45, 7) is 15.3. The number of aromatic hydroxyl groups is 2. The Morgan fingerprint density at radius 3 is 1.29 bits per heavy atom. The Bertz CT molecular complexity index is 810. The molecule has 228 valence electrons. The Morgan fingerprint density at radius 1 is 0.763 bits per heavy atom. The number of rotatable bonds is 7. The lowest BCUT2D eigenvalue weighted by molar-refractivity contribution is 0.219. The third-order valence-corrected chi connectivity index (χ3v) is 12.2. The summed E-state index contributed by atoms with van der Waals surface area (Å²) in [7, 11) is -4.42. The summed E-state index contributed by atoms with van der Waals surface area (Å²) < 4.78 is 22.5. The van der Waals surface area contributed by atoms with E-state index in [2.05, 4.69) is 33.9 Å². The van der Waals surface area contributed by atoms with E-state index in [-0.39, 0.29) is 61.4 Å². The van der Waals surface area contributed by atoms with Gasteiger partial charge in [0.15, 0.2) is 7.38 Å². The van der Waals surface area contributed by atoms with Gasteiger partial charge in [0.2, 0.25) is 0 Å². The lowest BCUT2D eigenvalue weighted by Gasteiger charge is -2.29. The molecular formula is C29H60ClO6PSi. The van der Waals surface area contributed by atoms with Gasteiger partial charge in [0.25, 0.3) is 0 Å². The maximum absolute atomic E-state index is 12.2. The summed E-state index contributed by atoms with van der Waals surface area (Å²) in [5.41, 5.74) is 1.64. The molecule has 0 spiro atoms. The molecule has 2 aromatic rings. The van der Waals surface area contributed by atoms with Crippen molar-refractivity contribution in [3.05, 3.63) is 59.7 Å².